The van der Waals surface area contributed by atoms with Crippen LogP contribution >= 0.6 is 0 Å². The predicted octanol–water partition coefficient (Wildman–Crippen LogP) is 3.59. The van der Waals surface area contributed by atoms with E-state index in [0.717, 1.165) is 50.3 Å². The molecule has 0 saturated carbocycles. The van der Waals surface area contributed by atoms with E-state index >= 15 is 0 Å². The summed E-state index contributed by atoms with van der Waals surface area (Å²) in [4.78, 5) is 23.5. The van der Waals surface area contributed by atoms with E-state index < -0.39 is 0 Å². The molecule has 1 aliphatic heterocycles. The first-order valence-corrected chi connectivity index (χ1v) is 9.35. The Morgan fingerprint density at radius 3 is 2.92 bits per heavy atom. The maximum Gasteiger partial charge on any atom is 0.222 e. The number of carbonyl (C=O) groups excluding carboxylic acids is 1. The average molecular weight is 340 g/mol. The second-order valence-electron chi connectivity index (χ2n) is 7.16. The minimum Gasteiger partial charge on any atom is -0.341 e. The number of aromatic nitrogens is 3. The zero-order valence-electron chi connectivity index (χ0n) is 15.3. The molecule has 1 saturated heterocycles. The van der Waals surface area contributed by atoms with Crippen molar-refractivity contribution in [3.05, 3.63) is 48.3 Å². The average Bonchev–Trinajstić information content (AvgIpc) is 3.13. The fourth-order valence-electron chi connectivity index (χ4n) is 3.61. The number of rotatable bonds is 6. The van der Waals surface area contributed by atoms with E-state index in [1.807, 2.05) is 35.5 Å². The first kappa shape index (κ1) is 17.6. The Hall–Kier alpha value is -2.17. The Labute approximate surface area is 150 Å². The summed E-state index contributed by atoms with van der Waals surface area (Å²) >= 11 is 0. The van der Waals surface area contributed by atoms with E-state index in [-0.39, 0.29) is 5.91 Å². The third-order valence-electron chi connectivity index (χ3n) is 4.91. The smallest absolute Gasteiger partial charge is 0.222 e. The molecule has 0 N–H and O–H groups in total. The molecule has 25 heavy (non-hydrogen) atoms. The summed E-state index contributed by atoms with van der Waals surface area (Å²) in [6, 6.07) is 6.29. The molecule has 0 aliphatic carbocycles. The second kappa shape index (κ2) is 8.28. The Balaban J connectivity index is 1.54. The normalized spacial score (nSPS) is 17.9. The van der Waals surface area contributed by atoms with E-state index in [1.165, 1.54) is 0 Å². The van der Waals surface area contributed by atoms with Gasteiger partial charge in [-0.05, 0) is 37.8 Å². The number of amides is 1. The minimum absolute atomic E-state index is 0.270. The summed E-state index contributed by atoms with van der Waals surface area (Å²) in [5, 5.41) is 0. The molecule has 1 atom stereocenters. The summed E-state index contributed by atoms with van der Waals surface area (Å²) in [7, 11) is 0. The molecule has 0 bridgehead atoms. The van der Waals surface area contributed by atoms with Crippen molar-refractivity contribution in [3.63, 3.8) is 0 Å². The molecule has 2 aromatic rings. The van der Waals surface area contributed by atoms with Crippen molar-refractivity contribution >= 4 is 5.91 Å². The highest BCUT2D eigenvalue weighted by molar-refractivity contribution is 5.76. The number of hydrogen-bond donors (Lipinski definition) is 0. The van der Waals surface area contributed by atoms with Gasteiger partial charge in [0.2, 0.25) is 5.91 Å². The van der Waals surface area contributed by atoms with Gasteiger partial charge in [0.05, 0.1) is 6.04 Å². The van der Waals surface area contributed by atoms with E-state index in [4.69, 9.17) is 0 Å². The molecular formula is C20H28N4O. The zero-order chi connectivity index (χ0) is 17.6. The molecule has 0 radical (unpaired) electrons. The molecule has 0 spiro atoms. The summed E-state index contributed by atoms with van der Waals surface area (Å²) < 4.78 is 2.28. The van der Waals surface area contributed by atoms with Gasteiger partial charge in [-0.25, -0.2) is 4.98 Å². The number of aryl methyl sites for hydroxylation is 1. The van der Waals surface area contributed by atoms with Gasteiger partial charge in [0.1, 0.15) is 5.82 Å². The molecule has 5 heteroatoms. The molecule has 1 fully saturated rings. The van der Waals surface area contributed by atoms with Gasteiger partial charge in [0.25, 0.3) is 0 Å². The van der Waals surface area contributed by atoms with Gasteiger partial charge in [-0.2, -0.15) is 0 Å². The van der Waals surface area contributed by atoms with Gasteiger partial charge in [0, 0.05) is 49.7 Å². The number of nitrogens with zero attached hydrogens (tertiary/aromatic N) is 4. The van der Waals surface area contributed by atoms with Crippen LogP contribution in [0.4, 0.5) is 0 Å². The second-order valence-corrected chi connectivity index (χ2v) is 7.16. The number of carbonyl (C=O) groups is 1. The van der Waals surface area contributed by atoms with Crippen LogP contribution in [0.25, 0.3) is 0 Å². The number of likely N-dealkylation sites (tertiary alicyclic amines) is 1. The highest BCUT2D eigenvalue weighted by atomic mass is 16.2. The lowest BCUT2D eigenvalue weighted by Gasteiger charge is -2.34. The van der Waals surface area contributed by atoms with Gasteiger partial charge >= 0.3 is 0 Å². The van der Waals surface area contributed by atoms with Crippen LogP contribution in [-0.4, -0.2) is 38.4 Å². The molecule has 3 rings (SSSR count). The van der Waals surface area contributed by atoms with Crippen molar-refractivity contribution in [1.29, 1.82) is 0 Å². The first-order chi connectivity index (χ1) is 12.1. The van der Waals surface area contributed by atoms with Crippen LogP contribution in [0.15, 0.2) is 36.8 Å². The van der Waals surface area contributed by atoms with Crippen molar-refractivity contribution < 1.29 is 4.79 Å². The molecular weight excluding hydrogens is 312 g/mol. The lowest BCUT2D eigenvalue weighted by Crippen LogP contribution is -2.41. The van der Waals surface area contributed by atoms with Gasteiger partial charge in [0.15, 0.2) is 0 Å². The van der Waals surface area contributed by atoms with Crippen molar-refractivity contribution in [2.75, 3.05) is 13.1 Å². The number of imidazole rings is 1. The fraction of sp³-hybridized carbons (Fsp3) is 0.550. The Bertz CT molecular complexity index is 680. The molecule has 134 valence electrons. The summed E-state index contributed by atoms with van der Waals surface area (Å²) in [5.74, 6) is 1.79. The molecule has 0 unspecified atom stereocenters. The van der Waals surface area contributed by atoms with Gasteiger partial charge in [-0.15, -0.1) is 0 Å². The van der Waals surface area contributed by atoms with Crippen LogP contribution in [0.1, 0.15) is 63.0 Å². The largest absolute Gasteiger partial charge is 0.341 e. The summed E-state index contributed by atoms with van der Waals surface area (Å²) in [6.45, 7) is 6.02. The summed E-state index contributed by atoms with van der Waals surface area (Å²) in [5.41, 5.74) is 1.06. The number of hydrogen-bond acceptors (Lipinski definition) is 3. The molecule has 1 amide bonds. The van der Waals surface area contributed by atoms with Crippen molar-refractivity contribution in [2.24, 2.45) is 0 Å². The van der Waals surface area contributed by atoms with Crippen LogP contribution in [0.3, 0.4) is 0 Å². The maximum atomic E-state index is 12.6. The van der Waals surface area contributed by atoms with Crippen LogP contribution in [0.5, 0.6) is 0 Å². The molecule has 1 aliphatic rings. The van der Waals surface area contributed by atoms with Gasteiger partial charge in [-0.3, -0.25) is 9.78 Å². The highest BCUT2D eigenvalue weighted by Crippen LogP contribution is 2.26. The van der Waals surface area contributed by atoms with Crippen molar-refractivity contribution in [1.82, 2.24) is 19.4 Å². The van der Waals surface area contributed by atoms with Crippen LogP contribution in [0.2, 0.25) is 0 Å². The minimum atomic E-state index is 0.270. The number of piperidine rings is 1. The molecule has 0 aromatic carbocycles. The van der Waals surface area contributed by atoms with Gasteiger partial charge < -0.3 is 9.47 Å². The zero-order valence-corrected chi connectivity index (χ0v) is 15.3. The maximum absolute atomic E-state index is 12.6. The summed E-state index contributed by atoms with van der Waals surface area (Å²) in [6.07, 6.45) is 10.3. The quantitative estimate of drug-likeness (QED) is 0.807. The molecule has 2 aromatic heterocycles. The van der Waals surface area contributed by atoms with Crippen LogP contribution < -0.4 is 0 Å². The Kier molecular flexibility index (Phi) is 5.84. The van der Waals surface area contributed by atoms with E-state index in [0.29, 0.717) is 18.4 Å². The molecule has 5 nitrogen and oxygen atoms in total. The Morgan fingerprint density at radius 1 is 1.28 bits per heavy atom. The predicted molar refractivity (Wildman–Crippen MR) is 98.3 cm³/mol. The third kappa shape index (κ3) is 4.47. The standard InChI is InChI=1S/C20H28N4O/c1-16(2)20-22-12-14-24(20)18-9-6-13-23(15-18)19(25)10-5-8-17-7-3-4-11-21-17/h3-4,7,11-12,14,16,18H,5-6,8-10,13,15H2,1-2H3/t18-/m1/s1. The topological polar surface area (TPSA) is 51.0 Å². The monoisotopic (exact) mass is 340 g/mol. The first-order valence-electron chi connectivity index (χ1n) is 9.35. The fourth-order valence-corrected chi connectivity index (χ4v) is 3.61. The lowest BCUT2D eigenvalue weighted by atomic mass is 10.0. The lowest BCUT2D eigenvalue weighted by molar-refractivity contribution is -0.132. The van der Waals surface area contributed by atoms with Crippen LogP contribution in [-0.2, 0) is 11.2 Å². The Morgan fingerprint density at radius 2 is 2.16 bits per heavy atom. The van der Waals surface area contributed by atoms with E-state index in [1.54, 1.807) is 0 Å². The van der Waals surface area contributed by atoms with Crippen molar-refractivity contribution in [3.8, 4) is 0 Å². The number of pyridine rings is 1. The van der Waals surface area contributed by atoms with Crippen LogP contribution in [0, 0.1) is 0 Å². The van der Waals surface area contributed by atoms with E-state index in [2.05, 4.69) is 34.6 Å². The van der Waals surface area contributed by atoms with Gasteiger partial charge in [-0.1, -0.05) is 19.9 Å². The highest BCUT2D eigenvalue weighted by Gasteiger charge is 2.26. The third-order valence-corrected chi connectivity index (χ3v) is 4.91. The van der Waals surface area contributed by atoms with E-state index in [9.17, 15) is 4.79 Å². The van der Waals surface area contributed by atoms with Crippen molar-refractivity contribution in [2.45, 2.75) is 57.9 Å². The SMILES string of the molecule is CC(C)c1nccn1[C@@H]1CCCN(C(=O)CCCc2ccccn2)C1. The molecule has 3 heterocycles.